The molecule has 0 aliphatic carbocycles. The highest BCUT2D eigenvalue weighted by atomic mass is 35.5. The third-order valence-electron chi connectivity index (χ3n) is 7.29. The van der Waals surface area contributed by atoms with Gasteiger partial charge in [-0.25, -0.2) is 0 Å². The number of piperidine rings is 1. The Morgan fingerprint density at radius 2 is 1.91 bits per heavy atom. The summed E-state index contributed by atoms with van der Waals surface area (Å²) >= 11 is 18.9. The van der Waals surface area contributed by atoms with Crippen LogP contribution in [0.3, 0.4) is 0 Å². The predicted molar refractivity (Wildman–Crippen MR) is 163 cm³/mol. The van der Waals surface area contributed by atoms with Gasteiger partial charge in [0.05, 0.1) is 29.4 Å². The number of aromatic amines is 1. The Kier molecular flexibility index (Phi) is 9.33. The van der Waals surface area contributed by atoms with Crippen LogP contribution in [0.25, 0.3) is 10.4 Å². The molecule has 0 saturated carbocycles. The van der Waals surface area contributed by atoms with Crippen LogP contribution >= 0.6 is 46.6 Å². The number of fused-ring (bicyclic) bond motifs is 1. The van der Waals surface area contributed by atoms with Crippen LogP contribution in [0.2, 0.25) is 10.0 Å². The number of amides is 2. The number of azide groups is 1. The number of alkyl halides is 3. The fourth-order valence-electron chi connectivity index (χ4n) is 5.13. The maximum Gasteiger partial charge on any atom is 0.362 e. The number of hydrogen-bond acceptors (Lipinski definition) is 6. The van der Waals surface area contributed by atoms with E-state index in [4.69, 9.17) is 45.1 Å². The lowest BCUT2D eigenvalue weighted by Crippen LogP contribution is -2.35. The normalized spacial score (nSPS) is 14.8. The lowest BCUT2D eigenvalue weighted by atomic mass is 10.0. The highest BCUT2D eigenvalue weighted by molar-refractivity contribution is 7.99. The van der Waals surface area contributed by atoms with Gasteiger partial charge in [0, 0.05) is 40.8 Å². The first-order chi connectivity index (χ1) is 20.9. The molecule has 2 aliphatic rings. The number of methoxy groups -OCH3 is 1. The molecular weight excluding hydrogens is 661 g/mol. The molecule has 1 fully saturated rings. The van der Waals surface area contributed by atoms with E-state index in [0.29, 0.717) is 30.0 Å². The minimum absolute atomic E-state index is 0.0226. The molecule has 44 heavy (non-hydrogen) atoms. The van der Waals surface area contributed by atoms with E-state index >= 15 is 0 Å². The molecule has 10 nitrogen and oxygen atoms in total. The third kappa shape index (κ3) is 6.33. The average Bonchev–Trinajstić information content (AvgIpc) is 3.40. The number of carbonyl (C=O) groups is 2. The number of nitrogens with one attached hydrogen (secondary N) is 1. The Balaban J connectivity index is 1.53. The van der Waals surface area contributed by atoms with Crippen molar-refractivity contribution < 1.29 is 23.1 Å². The van der Waals surface area contributed by atoms with Gasteiger partial charge in [0.2, 0.25) is 5.91 Å². The standard InChI is InChI=1S/C28H23Cl3F2N6O4S/c1-43-19-9-16-13-38(12-15(16)8-18(19)39-7-3-2-4-22(39)40)27(42)23-20(10-21(28(31,32)33)36-26(23)41)44-25-17(29)6-5-14(24(25)30)11-35-37-34/h5-6,8-10H,2-4,7,11-13H2,1H3,(H,36,41). The van der Waals surface area contributed by atoms with Crippen LogP contribution in [0.1, 0.15) is 52.0 Å². The molecule has 0 atom stereocenters. The zero-order valence-electron chi connectivity index (χ0n) is 23.0. The minimum atomic E-state index is -3.95. The Morgan fingerprint density at radius 3 is 2.57 bits per heavy atom. The summed E-state index contributed by atoms with van der Waals surface area (Å²) in [5, 5.41) is -0.279. The summed E-state index contributed by atoms with van der Waals surface area (Å²) in [5.41, 5.74) is 8.76. The van der Waals surface area contributed by atoms with Gasteiger partial charge < -0.3 is 19.5 Å². The summed E-state index contributed by atoms with van der Waals surface area (Å²) in [6.45, 7) is 0.609. The molecule has 16 heteroatoms. The summed E-state index contributed by atoms with van der Waals surface area (Å²) in [6.07, 6.45) is 2.08. The Morgan fingerprint density at radius 1 is 1.18 bits per heavy atom. The Hall–Kier alpha value is -3.48. The van der Waals surface area contributed by atoms with Crippen molar-refractivity contribution in [3.05, 3.63) is 89.1 Å². The van der Waals surface area contributed by atoms with Crippen molar-refractivity contribution in [3.63, 3.8) is 0 Å². The first-order valence-corrected chi connectivity index (χ1v) is 15.2. The molecule has 2 aromatic carbocycles. The van der Waals surface area contributed by atoms with E-state index in [1.165, 1.54) is 24.1 Å². The lowest BCUT2D eigenvalue weighted by molar-refractivity contribution is -0.119. The first-order valence-electron chi connectivity index (χ1n) is 13.2. The first kappa shape index (κ1) is 31.9. The molecule has 3 heterocycles. The van der Waals surface area contributed by atoms with Crippen molar-refractivity contribution in [2.75, 3.05) is 18.6 Å². The number of halogens is 5. The maximum absolute atomic E-state index is 14.2. The van der Waals surface area contributed by atoms with Gasteiger partial charge in [0.1, 0.15) is 17.0 Å². The van der Waals surface area contributed by atoms with Crippen LogP contribution in [0.4, 0.5) is 14.5 Å². The zero-order chi connectivity index (χ0) is 31.8. The molecule has 0 radical (unpaired) electrons. The predicted octanol–water partition coefficient (Wildman–Crippen LogP) is 7.61. The molecule has 0 unspecified atom stereocenters. The van der Waals surface area contributed by atoms with E-state index in [9.17, 15) is 23.2 Å². The van der Waals surface area contributed by atoms with E-state index in [-0.39, 0.29) is 45.4 Å². The Bertz CT molecular complexity index is 1780. The summed E-state index contributed by atoms with van der Waals surface area (Å²) in [4.78, 5) is 47.6. The van der Waals surface area contributed by atoms with Gasteiger partial charge in [0.25, 0.3) is 11.5 Å². The number of anilines is 1. The fraction of sp³-hybridized carbons (Fsp3) is 0.321. The van der Waals surface area contributed by atoms with Crippen molar-refractivity contribution in [2.24, 2.45) is 5.11 Å². The van der Waals surface area contributed by atoms with Gasteiger partial charge in [0.15, 0.2) is 0 Å². The number of carbonyl (C=O) groups excluding carboxylic acids is 2. The number of ether oxygens (including phenoxy) is 1. The van der Waals surface area contributed by atoms with Crippen molar-refractivity contribution in [3.8, 4) is 5.75 Å². The number of rotatable bonds is 8. The van der Waals surface area contributed by atoms with Gasteiger partial charge in [-0.15, -0.1) is 0 Å². The molecule has 230 valence electrons. The molecule has 1 saturated heterocycles. The summed E-state index contributed by atoms with van der Waals surface area (Å²) in [5.74, 6) is -0.284. The number of pyridine rings is 1. The van der Waals surface area contributed by atoms with Crippen LogP contribution in [0.15, 0.2) is 50.0 Å². The number of hydrogen-bond donors (Lipinski definition) is 1. The third-order valence-corrected chi connectivity index (χ3v) is 9.63. The van der Waals surface area contributed by atoms with Gasteiger partial charge in [-0.2, -0.15) is 8.78 Å². The van der Waals surface area contributed by atoms with E-state index in [0.717, 1.165) is 41.8 Å². The van der Waals surface area contributed by atoms with Gasteiger partial charge in [-0.05, 0) is 70.9 Å². The SMILES string of the molecule is COc1cc2c(cc1N1CCCCC1=O)CN(C(=O)c1c(Sc3c(Cl)ccc(CN=[N+]=[N-])c3Cl)cc(C(F)(F)Cl)[nH]c1=O)C2. The summed E-state index contributed by atoms with van der Waals surface area (Å²) in [6, 6.07) is 7.47. The van der Waals surface area contributed by atoms with Crippen LogP contribution in [0, 0.1) is 0 Å². The van der Waals surface area contributed by atoms with Crippen LogP contribution < -0.4 is 15.2 Å². The van der Waals surface area contributed by atoms with Crippen molar-refractivity contribution in [1.82, 2.24) is 9.88 Å². The zero-order valence-corrected chi connectivity index (χ0v) is 26.1. The summed E-state index contributed by atoms with van der Waals surface area (Å²) < 4.78 is 33.9. The molecule has 1 N–H and O–H groups in total. The topological polar surface area (TPSA) is 131 Å². The molecule has 2 aliphatic heterocycles. The molecule has 0 bridgehead atoms. The second kappa shape index (κ2) is 12.9. The van der Waals surface area contributed by atoms with E-state index in [1.807, 2.05) is 4.98 Å². The monoisotopic (exact) mass is 682 g/mol. The number of H-pyrrole nitrogens is 1. The number of aromatic nitrogens is 1. The molecule has 5 rings (SSSR count). The van der Waals surface area contributed by atoms with Crippen molar-refractivity contribution >= 4 is 64.1 Å². The summed E-state index contributed by atoms with van der Waals surface area (Å²) in [7, 11) is 1.49. The smallest absolute Gasteiger partial charge is 0.362 e. The van der Waals surface area contributed by atoms with Crippen molar-refractivity contribution in [2.45, 2.75) is 54.1 Å². The van der Waals surface area contributed by atoms with Crippen LogP contribution in [0.5, 0.6) is 5.75 Å². The lowest BCUT2D eigenvalue weighted by Gasteiger charge is -2.28. The molecule has 3 aromatic rings. The molecule has 0 spiro atoms. The Labute approximate surface area is 268 Å². The van der Waals surface area contributed by atoms with Gasteiger partial charge in [-0.1, -0.05) is 46.1 Å². The van der Waals surface area contributed by atoms with Gasteiger partial charge in [-0.3, -0.25) is 14.4 Å². The molecule has 1 aromatic heterocycles. The number of benzene rings is 2. The van der Waals surface area contributed by atoms with E-state index in [2.05, 4.69) is 10.0 Å². The van der Waals surface area contributed by atoms with Crippen LogP contribution in [-0.2, 0) is 29.8 Å². The van der Waals surface area contributed by atoms with Crippen LogP contribution in [-0.4, -0.2) is 35.4 Å². The second-order valence-electron chi connectivity index (χ2n) is 10.0. The highest BCUT2D eigenvalue weighted by Gasteiger charge is 2.35. The van der Waals surface area contributed by atoms with E-state index in [1.54, 1.807) is 17.0 Å². The second-order valence-corrected chi connectivity index (χ2v) is 12.4. The minimum Gasteiger partial charge on any atom is -0.495 e. The maximum atomic E-state index is 14.2. The van der Waals surface area contributed by atoms with Gasteiger partial charge >= 0.3 is 5.38 Å². The quantitative estimate of drug-likeness (QED) is 0.113. The fourth-order valence-corrected chi connectivity index (χ4v) is 6.96. The largest absolute Gasteiger partial charge is 0.495 e. The number of nitrogens with zero attached hydrogens (tertiary/aromatic N) is 5. The molecule has 2 amide bonds. The average molecular weight is 684 g/mol. The van der Waals surface area contributed by atoms with Crippen molar-refractivity contribution in [1.29, 1.82) is 0 Å². The molecular formula is C28H23Cl3F2N6O4S. The highest BCUT2D eigenvalue weighted by Crippen LogP contribution is 2.44. The van der Waals surface area contributed by atoms with E-state index < -0.39 is 28.1 Å².